The number of hydrogen-bond donors (Lipinski definition) is 1. The Morgan fingerprint density at radius 2 is 2.07 bits per heavy atom. The Balaban J connectivity index is 4.06. The number of ether oxygens (including phenoxy) is 2. The molecule has 0 aliphatic rings. The normalized spacial score (nSPS) is 12.2. The van der Waals surface area contributed by atoms with Gasteiger partial charge in [-0.1, -0.05) is 6.58 Å². The number of methoxy groups -OCH3 is 2. The van der Waals surface area contributed by atoms with Crippen molar-refractivity contribution in [1.82, 2.24) is 5.32 Å². The van der Waals surface area contributed by atoms with Crippen LogP contribution in [0.4, 0.5) is 0 Å². The zero-order valence-corrected chi connectivity index (χ0v) is 8.36. The molecule has 0 saturated heterocycles. The molecule has 0 aromatic rings. The Morgan fingerprint density at radius 3 is 2.43 bits per heavy atom. The molecule has 0 aliphatic carbocycles. The van der Waals surface area contributed by atoms with E-state index in [2.05, 4.69) is 11.9 Å². The molecule has 1 N–H and O–H groups in total. The van der Waals surface area contributed by atoms with Crippen LogP contribution in [-0.2, 0) is 19.1 Å². The molecule has 0 bridgehead atoms. The Morgan fingerprint density at radius 1 is 1.50 bits per heavy atom. The van der Waals surface area contributed by atoms with Crippen molar-refractivity contribution in [3.8, 4) is 0 Å². The third-order valence-electron chi connectivity index (χ3n) is 1.65. The van der Waals surface area contributed by atoms with Gasteiger partial charge in [-0.2, -0.15) is 0 Å². The molecule has 5 nitrogen and oxygen atoms in total. The molecule has 0 radical (unpaired) electrons. The van der Waals surface area contributed by atoms with Crippen molar-refractivity contribution in [3.63, 3.8) is 0 Å². The standard InChI is InChI=1S/C9H15NO4/c1-4-8(12)10-7(6-11)5-9(13-2)14-3/h4,6-7,9H,1,5H2,2-3H3,(H,10,12). The molecule has 5 heteroatoms. The van der Waals surface area contributed by atoms with Crippen LogP contribution in [0.5, 0.6) is 0 Å². The zero-order valence-electron chi connectivity index (χ0n) is 8.36. The van der Waals surface area contributed by atoms with E-state index in [-0.39, 0.29) is 6.42 Å². The highest BCUT2D eigenvalue weighted by Crippen LogP contribution is 2.01. The maximum atomic E-state index is 10.9. The lowest BCUT2D eigenvalue weighted by Crippen LogP contribution is -2.38. The molecule has 80 valence electrons. The van der Waals surface area contributed by atoms with Crippen molar-refractivity contribution in [2.24, 2.45) is 0 Å². The number of amides is 1. The number of nitrogens with one attached hydrogen (secondary N) is 1. The van der Waals surface area contributed by atoms with E-state index in [0.717, 1.165) is 6.08 Å². The predicted molar refractivity (Wildman–Crippen MR) is 50.6 cm³/mol. The van der Waals surface area contributed by atoms with E-state index in [1.54, 1.807) is 0 Å². The van der Waals surface area contributed by atoms with Gasteiger partial charge in [0.25, 0.3) is 0 Å². The van der Waals surface area contributed by atoms with Crippen LogP contribution in [-0.4, -0.2) is 38.7 Å². The van der Waals surface area contributed by atoms with Gasteiger partial charge in [-0.05, 0) is 6.08 Å². The molecule has 0 aromatic heterocycles. The first-order chi connectivity index (χ1) is 6.67. The van der Waals surface area contributed by atoms with Crippen LogP contribution in [0.3, 0.4) is 0 Å². The number of hydrogen-bond acceptors (Lipinski definition) is 4. The van der Waals surface area contributed by atoms with Gasteiger partial charge in [-0.3, -0.25) is 4.79 Å². The van der Waals surface area contributed by atoms with E-state index in [4.69, 9.17) is 9.47 Å². The lowest BCUT2D eigenvalue weighted by atomic mass is 10.2. The average Bonchev–Trinajstić information content (AvgIpc) is 2.23. The van der Waals surface area contributed by atoms with Crippen molar-refractivity contribution < 1.29 is 19.1 Å². The van der Waals surface area contributed by atoms with Gasteiger partial charge in [0.2, 0.25) is 5.91 Å². The van der Waals surface area contributed by atoms with Crippen LogP contribution >= 0.6 is 0 Å². The van der Waals surface area contributed by atoms with Crippen LogP contribution < -0.4 is 5.32 Å². The summed E-state index contributed by atoms with van der Waals surface area (Å²) in [6.07, 6.45) is 1.50. The monoisotopic (exact) mass is 201 g/mol. The summed E-state index contributed by atoms with van der Waals surface area (Å²) in [4.78, 5) is 21.4. The van der Waals surface area contributed by atoms with Crippen LogP contribution in [0, 0.1) is 0 Å². The highest BCUT2D eigenvalue weighted by atomic mass is 16.7. The first kappa shape index (κ1) is 12.8. The second-order valence-corrected chi connectivity index (χ2v) is 2.59. The fourth-order valence-electron chi connectivity index (χ4n) is 0.886. The summed E-state index contributed by atoms with van der Waals surface area (Å²) in [5.41, 5.74) is 0. The molecule has 0 heterocycles. The molecule has 0 rings (SSSR count). The Kier molecular flexibility index (Phi) is 6.61. The highest BCUT2D eigenvalue weighted by Gasteiger charge is 2.15. The third-order valence-corrected chi connectivity index (χ3v) is 1.65. The van der Waals surface area contributed by atoms with Crippen LogP contribution in [0.15, 0.2) is 12.7 Å². The topological polar surface area (TPSA) is 64.6 Å². The minimum atomic E-state index is -0.620. The van der Waals surface area contributed by atoms with Gasteiger partial charge in [-0.25, -0.2) is 0 Å². The summed E-state index contributed by atoms with van der Waals surface area (Å²) in [6, 6.07) is -0.620. The van der Waals surface area contributed by atoms with E-state index in [1.807, 2.05) is 0 Å². The van der Waals surface area contributed by atoms with E-state index < -0.39 is 18.2 Å². The van der Waals surface area contributed by atoms with E-state index in [9.17, 15) is 9.59 Å². The van der Waals surface area contributed by atoms with Crippen LogP contribution in [0.1, 0.15) is 6.42 Å². The summed E-state index contributed by atoms with van der Waals surface area (Å²) in [5.74, 6) is -0.395. The molecule has 1 unspecified atom stereocenters. The van der Waals surface area contributed by atoms with Gasteiger partial charge in [0, 0.05) is 20.6 Å². The van der Waals surface area contributed by atoms with Gasteiger partial charge >= 0.3 is 0 Å². The Bertz CT molecular complexity index is 201. The molecular formula is C9H15NO4. The second-order valence-electron chi connectivity index (χ2n) is 2.59. The number of aldehydes is 1. The molecular weight excluding hydrogens is 186 g/mol. The lowest BCUT2D eigenvalue weighted by Gasteiger charge is -2.17. The fraction of sp³-hybridized carbons (Fsp3) is 0.556. The number of carbonyl (C=O) groups is 2. The maximum Gasteiger partial charge on any atom is 0.243 e. The Labute approximate surface area is 83.1 Å². The molecule has 1 atom stereocenters. The first-order valence-electron chi connectivity index (χ1n) is 4.11. The predicted octanol–water partition coefficient (Wildman–Crippen LogP) is -0.135. The van der Waals surface area contributed by atoms with Crippen molar-refractivity contribution in [1.29, 1.82) is 0 Å². The van der Waals surface area contributed by atoms with E-state index in [0.29, 0.717) is 6.29 Å². The first-order valence-corrected chi connectivity index (χ1v) is 4.11. The molecule has 0 fully saturated rings. The fourth-order valence-corrected chi connectivity index (χ4v) is 0.886. The third kappa shape index (κ3) is 4.74. The summed E-state index contributed by atoms with van der Waals surface area (Å²) in [6.45, 7) is 3.28. The van der Waals surface area contributed by atoms with Gasteiger partial charge < -0.3 is 19.6 Å². The van der Waals surface area contributed by atoms with Crippen molar-refractivity contribution >= 4 is 12.2 Å². The van der Waals surface area contributed by atoms with Crippen molar-refractivity contribution in [2.75, 3.05) is 14.2 Å². The number of rotatable bonds is 7. The van der Waals surface area contributed by atoms with Crippen molar-refractivity contribution in [3.05, 3.63) is 12.7 Å². The largest absolute Gasteiger partial charge is 0.356 e. The van der Waals surface area contributed by atoms with Gasteiger partial charge in [-0.15, -0.1) is 0 Å². The summed E-state index contributed by atoms with van der Waals surface area (Å²) in [7, 11) is 2.93. The average molecular weight is 201 g/mol. The SMILES string of the molecule is C=CC(=O)NC(C=O)CC(OC)OC. The van der Waals surface area contributed by atoms with Gasteiger partial charge in [0.1, 0.15) is 6.29 Å². The smallest absolute Gasteiger partial charge is 0.243 e. The van der Waals surface area contributed by atoms with Gasteiger partial charge in [0.15, 0.2) is 6.29 Å². The number of carbonyl (C=O) groups excluding carboxylic acids is 2. The Hall–Kier alpha value is -1.20. The van der Waals surface area contributed by atoms with E-state index >= 15 is 0 Å². The molecule has 0 spiro atoms. The quantitative estimate of drug-likeness (QED) is 0.354. The van der Waals surface area contributed by atoms with Gasteiger partial charge in [0.05, 0.1) is 6.04 Å². The highest BCUT2D eigenvalue weighted by molar-refractivity contribution is 5.88. The minimum Gasteiger partial charge on any atom is -0.356 e. The van der Waals surface area contributed by atoms with E-state index in [1.165, 1.54) is 14.2 Å². The molecule has 0 saturated carbocycles. The molecule has 1 amide bonds. The molecule has 0 aliphatic heterocycles. The van der Waals surface area contributed by atoms with Crippen LogP contribution in [0.2, 0.25) is 0 Å². The zero-order chi connectivity index (χ0) is 11.0. The second kappa shape index (κ2) is 7.23. The van der Waals surface area contributed by atoms with Crippen LogP contribution in [0.25, 0.3) is 0 Å². The molecule has 0 aromatic carbocycles. The maximum absolute atomic E-state index is 10.9. The summed E-state index contributed by atoms with van der Waals surface area (Å²) in [5, 5.41) is 2.43. The molecule has 14 heavy (non-hydrogen) atoms. The minimum absolute atomic E-state index is 0.274. The summed E-state index contributed by atoms with van der Waals surface area (Å²) >= 11 is 0. The lowest BCUT2D eigenvalue weighted by molar-refractivity contribution is -0.128. The van der Waals surface area contributed by atoms with Crippen molar-refractivity contribution in [2.45, 2.75) is 18.8 Å². The summed E-state index contributed by atoms with van der Waals surface area (Å²) < 4.78 is 9.78.